The van der Waals surface area contributed by atoms with Crippen molar-refractivity contribution in [3.63, 3.8) is 0 Å². The Morgan fingerprint density at radius 1 is 1.00 bits per heavy atom. The summed E-state index contributed by atoms with van der Waals surface area (Å²) in [6.45, 7) is 0.659. The number of thiophene rings is 1. The zero-order valence-electron chi connectivity index (χ0n) is 15.0. The molecule has 2 rings (SSSR count). The first-order chi connectivity index (χ1) is 12.6. The van der Waals surface area contributed by atoms with Crippen LogP contribution >= 0.6 is 11.3 Å². The quantitative estimate of drug-likeness (QED) is 0.651. The topological polar surface area (TPSA) is 85.9 Å². The molecule has 0 saturated carbocycles. The van der Waals surface area contributed by atoms with Gasteiger partial charge in [0.05, 0.1) is 27.8 Å². The van der Waals surface area contributed by atoms with Gasteiger partial charge in [-0.2, -0.15) is 0 Å². The van der Waals surface area contributed by atoms with Crippen LogP contribution in [0.1, 0.15) is 15.2 Å². The number of carbonyl (C=O) groups excluding carboxylic acids is 2. The molecule has 2 aromatic rings. The van der Waals surface area contributed by atoms with Gasteiger partial charge in [-0.25, -0.2) is 0 Å². The van der Waals surface area contributed by atoms with Crippen molar-refractivity contribution in [3.8, 4) is 17.2 Å². The van der Waals surface area contributed by atoms with Gasteiger partial charge in [-0.05, 0) is 23.6 Å². The van der Waals surface area contributed by atoms with Crippen molar-refractivity contribution in [2.24, 2.45) is 0 Å². The molecule has 0 atom stereocenters. The summed E-state index contributed by atoms with van der Waals surface area (Å²) in [5.41, 5.74) is 0.379. The second kappa shape index (κ2) is 9.67. The molecular weight excluding hydrogens is 356 g/mol. The van der Waals surface area contributed by atoms with Gasteiger partial charge in [0.25, 0.3) is 5.91 Å². The maximum atomic E-state index is 12.3. The maximum Gasteiger partial charge on any atom is 0.251 e. The molecule has 0 aliphatic heterocycles. The van der Waals surface area contributed by atoms with Gasteiger partial charge in [-0.1, -0.05) is 6.07 Å². The number of hydrogen-bond acceptors (Lipinski definition) is 6. The van der Waals surface area contributed by atoms with Gasteiger partial charge in [-0.15, -0.1) is 11.3 Å². The highest BCUT2D eigenvalue weighted by Gasteiger charge is 2.16. The minimum Gasteiger partial charge on any atom is -0.493 e. The number of carbonyl (C=O) groups is 2. The Bertz CT molecular complexity index is 721. The van der Waals surface area contributed by atoms with Gasteiger partial charge in [0, 0.05) is 23.5 Å². The van der Waals surface area contributed by atoms with E-state index >= 15 is 0 Å². The van der Waals surface area contributed by atoms with E-state index in [1.807, 2.05) is 17.5 Å². The molecule has 8 heteroatoms. The molecule has 0 aliphatic rings. The molecule has 1 heterocycles. The van der Waals surface area contributed by atoms with Crippen LogP contribution in [0.15, 0.2) is 29.6 Å². The molecule has 0 radical (unpaired) electrons. The molecule has 7 nitrogen and oxygen atoms in total. The predicted octanol–water partition coefficient (Wildman–Crippen LogP) is 1.86. The van der Waals surface area contributed by atoms with E-state index in [1.54, 1.807) is 12.1 Å². The number of nitrogens with one attached hydrogen (secondary N) is 2. The monoisotopic (exact) mass is 378 g/mol. The van der Waals surface area contributed by atoms with E-state index in [0.717, 1.165) is 4.88 Å². The fourth-order valence-corrected chi connectivity index (χ4v) is 3.03. The van der Waals surface area contributed by atoms with E-state index in [4.69, 9.17) is 14.2 Å². The van der Waals surface area contributed by atoms with E-state index in [2.05, 4.69) is 10.6 Å². The molecule has 26 heavy (non-hydrogen) atoms. The van der Waals surface area contributed by atoms with Gasteiger partial charge < -0.3 is 24.8 Å². The number of hydrogen-bond donors (Lipinski definition) is 2. The molecule has 0 saturated heterocycles. The fourth-order valence-electron chi connectivity index (χ4n) is 2.33. The summed E-state index contributed by atoms with van der Waals surface area (Å²) in [5.74, 6) is 0.862. The number of ether oxygens (including phenoxy) is 3. The molecule has 2 amide bonds. The van der Waals surface area contributed by atoms with E-state index in [1.165, 1.54) is 32.7 Å². The Morgan fingerprint density at radius 3 is 2.19 bits per heavy atom. The fraction of sp³-hybridized carbons (Fsp3) is 0.333. The van der Waals surface area contributed by atoms with Crippen molar-refractivity contribution in [2.45, 2.75) is 6.42 Å². The van der Waals surface area contributed by atoms with Gasteiger partial charge in [0.1, 0.15) is 0 Å². The maximum absolute atomic E-state index is 12.3. The van der Waals surface area contributed by atoms with E-state index in [-0.39, 0.29) is 11.8 Å². The summed E-state index contributed by atoms with van der Waals surface area (Å²) in [7, 11) is 4.48. The lowest BCUT2D eigenvalue weighted by Gasteiger charge is -2.14. The normalized spacial score (nSPS) is 10.1. The van der Waals surface area contributed by atoms with E-state index in [0.29, 0.717) is 42.3 Å². The van der Waals surface area contributed by atoms with Crippen LogP contribution in [-0.4, -0.2) is 46.2 Å². The lowest BCUT2D eigenvalue weighted by Crippen LogP contribution is -2.35. The molecule has 0 unspecified atom stereocenters. The molecule has 1 aromatic heterocycles. The second-order valence-corrected chi connectivity index (χ2v) is 6.31. The van der Waals surface area contributed by atoms with Crippen LogP contribution < -0.4 is 24.8 Å². The first-order valence-electron chi connectivity index (χ1n) is 7.96. The van der Waals surface area contributed by atoms with Crippen LogP contribution in [-0.2, 0) is 11.2 Å². The van der Waals surface area contributed by atoms with Gasteiger partial charge >= 0.3 is 0 Å². The Kier molecular flexibility index (Phi) is 7.28. The summed E-state index contributed by atoms with van der Waals surface area (Å²) in [5, 5.41) is 7.46. The Balaban J connectivity index is 1.86. The van der Waals surface area contributed by atoms with Crippen LogP contribution in [0, 0.1) is 0 Å². The van der Waals surface area contributed by atoms with Gasteiger partial charge in [0.15, 0.2) is 11.5 Å². The van der Waals surface area contributed by atoms with Gasteiger partial charge in [0.2, 0.25) is 11.7 Å². The Labute approximate surface area is 156 Å². The third-order valence-corrected chi connectivity index (χ3v) is 4.45. The first kappa shape index (κ1) is 19.6. The SMILES string of the molecule is COc1cc(C(=O)NCCNC(=O)Cc2cccs2)cc(OC)c1OC. The Morgan fingerprint density at radius 2 is 1.65 bits per heavy atom. The van der Waals surface area contributed by atoms with Crippen LogP contribution in [0.25, 0.3) is 0 Å². The molecule has 1 aromatic carbocycles. The van der Waals surface area contributed by atoms with Crippen molar-refractivity contribution >= 4 is 23.2 Å². The van der Waals surface area contributed by atoms with Crippen molar-refractivity contribution < 1.29 is 23.8 Å². The van der Waals surface area contributed by atoms with Crippen molar-refractivity contribution in [1.82, 2.24) is 10.6 Å². The highest BCUT2D eigenvalue weighted by atomic mass is 32.1. The molecule has 0 fully saturated rings. The zero-order valence-corrected chi connectivity index (χ0v) is 15.8. The minimum atomic E-state index is -0.295. The summed E-state index contributed by atoms with van der Waals surface area (Å²) in [6, 6.07) is 6.97. The highest BCUT2D eigenvalue weighted by molar-refractivity contribution is 7.10. The molecule has 0 bridgehead atoms. The van der Waals surface area contributed by atoms with Crippen LogP contribution in [0.2, 0.25) is 0 Å². The smallest absolute Gasteiger partial charge is 0.251 e. The lowest BCUT2D eigenvalue weighted by molar-refractivity contribution is -0.120. The van der Waals surface area contributed by atoms with Crippen LogP contribution in [0.4, 0.5) is 0 Å². The van der Waals surface area contributed by atoms with Crippen molar-refractivity contribution in [2.75, 3.05) is 34.4 Å². The number of amides is 2. The van der Waals surface area contributed by atoms with E-state index < -0.39 is 0 Å². The summed E-state index contributed by atoms with van der Waals surface area (Å²) in [6.07, 6.45) is 0.346. The number of methoxy groups -OCH3 is 3. The minimum absolute atomic E-state index is 0.0746. The Hall–Kier alpha value is -2.74. The lowest BCUT2D eigenvalue weighted by atomic mass is 10.1. The van der Waals surface area contributed by atoms with Gasteiger partial charge in [-0.3, -0.25) is 9.59 Å². The highest BCUT2D eigenvalue weighted by Crippen LogP contribution is 2.38. The number of rotatable bonds is 9. The molecule has 2 N–H and O–H groups in total. The largest absolute Gasteiger partial charge is 0.493 e. The summed E-state index contributed by atoms with van der Waals surface area (Å²) in [4.78, 5) is 25.1. The average Bonchev–Trinajstić information content (AvgIpc) is 3.16. The number of benzene rings is 1. The van der Waals surface area contributed by atoms with E-state index in [9.17, 15) is 9.59 Å². The van der Waals surface area contributed by atoms with Crippen LogP contribution in [0.5, 0.6) is 17.2 Å². The second-order valence-electron chi connectivity index (χ2n) is 5.28. The molecule has 0 spiro atoms. The molecule has 0 aliphatic carbocycles. The van der Waals surface area contributed by atoms with Crippen molar-refractivity contribution in [1.29, 1.82) is 0 Å². The van der Waals surface area contributed by atoms with Crippen molar-refractivity contribution in [3.05, 3.63) is 40.1 Å². The molecular formula is C18H22N2O5S. The first-order valence-corrected chi connectivity index (χ1v) is 8.84. The predicted molar refractivity (Wildman–Crippen MR) is 99.5 cm³/mol. The third-order valence-electron chi connectivity index (χ3n) is 3.57. The summed E-state index contributed by atoms with van der Waals surface area (Å²) < 4.78 is 15.7. The summed E-state index contributed by atoms with van der Waals surface area (Å²) >= 11 is 1.54. The average molecular weight is 378 g/mol. The van der Waals surface area contributed by atoms with Crippen LogP contribution in [0.3, 0.4) is 0 Å². The standard InChI is InChI=1S/C18H22N2O5S/c1-23-14-9-12(10-15(24-2)17(14)25-3)18(22)20-7-6-19-16(21)11-13-5-4-8-26-13/h4-5,8-10H,6-7,11H2,1-3H3,(H,19,21)(H,20,22). The molecule has 140 valence electrons. The zero-order chi connectivity index (χ0) is 18.9. The third kappa shape index (κ3) is 5.13.